The van der Waals surface area contributed by atoms with Crippen molar-refractivity contribution < 1.29 is 0 Å². The summed E-state index contributed by atoms with van der Waals surface area (Å²) in [6.45, 7) is 6.61. The van der Waals surface area contributed by atoms with Crippen LogP contribution in [0.1, 0.15) is 37.4 Å². The number of hydrogen-bond acceptors (Lipinski definition) is 1. The summed E-state index contributed by atoms with van der Waals surface area (Å²) in [7, 11) is 0. The molecule has 2 nitrogen and oxygen atoms in total. The number of nitrogens with one attached hydrogen (secondary N) is 1. The van der Waals surface area contributed by atoms with Crippen molar-refractivity contribution in [2.45, 2.75) is 33.1 Å². The van der Waals surface area contributed by atoms with E-state index in [0.717, 1.165) is 11.0 Å². The molecule has 0 radical (unpaired) electrons. The highest BCUT2D eigenvalue weighted by atomic mass is 14.7. The first kappa shape index (κ1) is 16.3. The zero-order valence-electron chi connectivity index (χ0n) is 14.6. The average molecular weight is 316 g/mol. The minimum Gasteiger partial charge on any atom is -0.365 e. The molecule has 0 saturated heterocycles. The lowest BCUT2D eigenvalue weighted by Gasteiger charge is -2.06. The summed E-state index contributed by atoms with van der Waals surface area (Å²) in [4.78, 5) is 7.83. The van der Waals surface area contributed by atoms with Crippen LogP contribution < -0.4 is 0 Å². The molecule has 2 aromatic heterocycles. The predicted molar refractivity (Wildman–Crippen MR) is 103 cm³/mol. The SMILES string of the molecule is CCC(C)c1[nH]ccc1C.c1ccc2nc3ccccc3cc2c1. The van der Waals surface area contributed by atoms with Crippen LogP contribution in [0.4, 0.5) is 0 Å². The van der Waals surface area contributed by atoms with Gasteiger partial charge in [0.15, 0.2) is 0 Å². The molecule has 0 spiro atoms. The van der Waals surface area contributed by atoms with Crippen LogP contribution in [0.15, 0.2) is 66.9 Å². The van der Waals surface area contributed by atoms with Gasteiger partial charge in [0.05, 0.1) is 11.0 Å². The van der Waals surface area contributed by atoms with E-state index in [0.29, 0.717) is 5.92 Å². The Balaban J connectivity index is 0.000000150. The maximum Gasteiger partial charge on any atom is 0.0709 e. The number of nitrogens with zero attached hydrogens (tertiary/aromatic N) is 1. The van der Waals surface area contributed by atoms with Gasteiger partial charge in [-0.3, -0.25) is 0 Å². The second-order valence-electron chi connectivity index (χ2n) is 6.26. The van der Waals surface area contributed by atoms with E-state index in [1.165, 1.54) is 28.5 Å². The lowest BCUT2D eigenvalue weighted by molar-refractivity contribution is 0.708. The van der Waals surface area contributed by atoms with Crippen LogP contribution >= 0.6 is 0 Å². The van der Waals surface area contributed by atoms with Crippen LogP contribution in [0.3, 0.4) is 0 Å². The summed E-state index contributed by atoms with van der Waals surface area (Å²) in [5, 5.41) is 2.40. The van der Waals surface area contributed by atoms with Gasteiger partial charge < -0.3 is 4.98 Å². The van der Waals surface area contributed by atoms with Crippen LogP contribution in [0.25, 0.3) is 21.8 Å². The van der Waals surface area contributed by atoms with Gasteiger partial charge in [0.1, 0.15) is 0 Å². The van der Waals surface area contributed by atoms with Gasteiger partial charge in [0.25, 0.3) is 0 Å². The molecule has 2 heterocycles. The highest BCUT2D eigenvalue weighted by molar-refractivity contribution is 5.92. The summed E-state index contributed by atoms with van der Waals surface area (Å²) in [5.74, 6) is 0.676. The summed E-state index contributed by atoms with van der Waals surface area (Å²) >= 11 is 0. The molecule has 0 aliphatic rings. The molecule has 4 rings (SSSR count). The van der Waals surface area contributed by atoms with Crippen molar-refractivity contribution >= 4 is 21.8 Å². The molecule has 2 aromatic carbocycles. The molecule has 2 heteroatoms. The fraction of sp³-hybridized carbons (Fsp3) is 0.227. The van der Waals surface area contributed by atoms with Crippen molar-refractivity contribution in [1.82, 2.24) is 9.97 Å². The van der Waals surface area contributed by atoms with Crippen LogP contribution in [0, 0.1) is 6.92 Å². The molecule has 122 valence electrons. The zero-order chi connectivity index (χ0) is 16.9. The molecular formula is C22H24N2. The molecule has 0 saturated carbocycles. The minimum absolute atomic E-state index is 0.676. The molecule has 0 aliphatic carbocycles. The Morgan fingerprint density at radius 2 is 1.50 bits per heavy atom. The third kappa shape index (κ3) is 3.48. The molecule has 1 unspecified atom stereocenters. The third-order valence-corrected chi connectivity index (χ3v) is 4.53. The molecule has 0 bridgehead atoms. The van der Waals surface area contributed by atoms with Crippen LogP contribution in [-0.2, 0) is 0 Å². The van der Waals surface area contributed by atoms with E-state index >= 15 is 0 Å². The zero-order valence-corrected chi connectivity index (χ0v) is 14.6. The summed E-state index contributed by atoms with van der Waals surface area (Å²) in [6.07, 6.45) is 3.22. The van der Waals surface area contributed by atoms with Crippen molar-refractivity contribution in [3.63, 3.8) is 0 Å². The molecule has 1 atom stereocenters. The number of aromatic amines is 1. The Morgan fingerprint density at radius 1 is 0.917 bits per heavy atom. The lowest BCUT2D eigenvalue weighted by Crippen LogP contribution is -1.92. The fourth-order valence-corrected chi connectivity index (χ4v) is 2.92. The number of aromatic nitrogens is 2. The number of H-pyrrole nitrogens is 1. The van der Waals surface area contributed by atoms with Crippen LogP contribution in [-0.4, -0.2) is 9.97 Å². The molecule has 0 aliphatic heterocycles. The number of fused-ring (bicyclic) bond motifs is 2. The van der Waals surface area contributed by atoms with Gasteiger partial charge in [0.2, 0.25) is 0 Å². The topological polar surface area (TPSA) is 28.7 Å². The highest BCUT2D eigenvalue weighted by Gasteiger charge is 2.05. The molecule has 4 aromatic rings. The second kappa shape index (κ2) is 7.31. The van der Waals surface area contributed by atoms with Gasteiger partial charge in [-0.15, -0.1) is 0 Å². The average Bonchev–Trinajstić information content (AvgIpc) is 3.06. The van der Waals surface area contributed by atoms with Gasteiger partial charge in [-0.05, 0) is 49.1 Å². The van der Waals surface area contributed by atoms with E-state index < -0.39 is 0 Å². The Kier molecular flexibility index (Phi) is 4.95. The van der Waals surface area contributed by atoms with Gasteiger partial charge in [0, 0.05) is 22.7 Å². The van der Waals surface area contributed by atoms with Crippen molar-refractivity contribution in [2.24, 2.45) is 0 Å². The van der Waals surface area contributed by atoms with Crippen LogP contribution in [0.2, 0.25) is 0 Å². The first-order valence-corrected chi connectivity index (χ1v) is 8.57. The Bertz CT molecular complexity index is 832. The number of hydrogen-bond donors (Lipinski definition) is 1. The smallest absolute Gasteiger partial charge is 0.0709 e. The van der Waals surface area contributed by atoms with E-state index in [4.69, 9.17) is 0 Å². The Hall–Kier alpha value is -2.61. The first-order valence-electron chi connectivity index (χ1n) is 8.57. The first-order chi connectivity index (χ1) is 11.7. The molecule has 0 fully saturated rings. The number of rotatable bonds is 2. The van der Waals surface area contributed by atoms with E-state index in [9.17, 15) is 0 Å². The molecule has 0 amide bonds. The quantitative estimate of drug-likeness (QED) is 0.437. The normalized spacial score (nSPS) is 12.0. The maximum atomic E-state index is 4.58. The summed E-state index contributed by atoms with van der Waals surface area (Å²) in [6, 6.07) is 20.7. The summed E-state index contributed by atoms with van der Waals surface area (Å²) < 4.78 is 0. The van der Waals surface area contributed by atoms with E-state index in [1.54, 1.807) is 0 Å². The number of para-hydroxylation sites is 2. The van der Waals surface area contributed by atoms with Crippen molar-refractivity contribution in [3.8, 4) is 0 Å². The number of aryl methyl sites for hydroxylation is 1. The van der Waals surface area contributed by atoms with Gasteiger partial charge in [-0.25, -0.2) is 4.98 Å². The van der Waals surface area contributed by atoms with E-state index in [2.05, 4.69) is 55.0 Å². The van der Waals surface area contributed by atoms with E-state index in [-0.39, 0.29) is 0 Å². The fourth-order valence-electron chi connectivity index (χ4n) is 2.92. The van der Waals surface area contributed by atoms with Crippen molar-refractivity contribution in [2.75, 3.05) is 0 Å². The largest absolute Gasteiger partial charge is 0.365 e. The highest BCUT2D eigenvalue weighted by Crippen LogP contribution is 2.20. The predicted octanol–water partition coefficient (Wildman–Crippen LogP) is 6.22. The second-order valence-corrected chi connectivity index (χ2v) is 6.26. The maximum absolute atomic E-state index is 4.58. The molecule has 24 heavy (non-hydrogen) atoms. The minimum atomic E-state index is 0.676. The molecule has 1 N–H and O–H groups in total. The van der Waals surface area contributed by atoms with Gasteiger partial charge in [-0.1, -0.05) is 50.2 Å². The standard InChI is InChI=1S/C13H9N.C9H15N/c1-3-7-12-10(5-1)9-11-6-2-4-8-13(11)14-12;1-4-7(2)9-8(3)5-6-10-9/h1-9H;5-7,10H,4H2,1-3H3. The van der Waals surface area contributed by atoms with Crippen LogP contribution in [0.5, 0.6) is 0 Å². The number of pyridine rings is 1. The van der Waals surface area contributed by atoms with Crippen molar-refractivity contribution in [3.05, 3.63) is 78.1 Å². The summed E-state index contributed by atoms with van der Waals surface area (Å²) in [5.41, 5.74) is 4.90. The monoisotopic (exact) mass is 316 g/mol. The van der Waals surface area contributed by atoms with Gasteiger partial charge in [-0.2, -0.15) is 0 Å². The van der Waals surface area contributed by atoms with Crippen molar-refractivity contribution in [1.29, 1.82) is 0 Å². The van der Waals surface area contributed by atoms with E-state index in [1.807, 2.05) is 42.6 Å². The lowest BCUT2D eigenvalue weighted by atomic mass is 10.0. The Morgan fingerprint density at radius 3 is 2.00 bits per heavy atom. The number of benzene rings is 2. The van der Waals surface area contributed by atoms with Gasteiger partial charge >= 0.3 is 0 Å². The third-order valence-electron chi connectivity index (χ3n) is 4.53. The molecular weight excluding hydrogens is 292 g/mol. The Labute approximate surface area is 143 Å².